The SMILES string of the molecule is CCN(CC)CC(=O)NC(=O)CN(C)c1ccc(Cl)cc1C(=O)c1ccccc1Cl. The average molecular weight is 450 g/mol. The average Bonchev–Trinajstić information content (AvgIpc) is 2.71. The molecule has 2 rings (SSSR count). The first-order valence-electron chi connectivity index (χ1n) is 9.61. The van der Waals surface area contributed by atoms with E-state index < -0.39 is 5.91 Å². The van der Waals surface area contributed by atoms with Gasteiger partial charge in [0, 0.05) is 28.9 Å². The summed E-state index contributed by atoms with van der Waals surface area (Å²) in [5.41, 5.74) is 1.17. The van der Waals surface area contributed by atoms with Crippen molar-refractivity contribution in [1.82, 2.24) is 10.2 Å². The number of amides is 2. The maximum Gasteiger partial charge on any atom is 0.246 e. The molecule has 0 aliphatic carbocycles. The first-order valence-corrected chi connectivity index (χ1v) is 10.4. The van der Waals surface area contributed by atoms with E-state index in [2.05, 4.69) is 5.32 Å². The molecule has 0 unspecified atom stereocenters. The quantitative estimate of drug-likeness (QED) is 0.591. The predicted molar refractivity (Wildman–Crippen MR) is 121 cm³/mol. The summed E-state index contributed by atoms with van der Waals surface area (Å²) >= 11 is 12.3. The number of hydrogen-bond acceptors (Lipinski definition) is 5. The van der Waals surface area contributed by atoms with Crippen LogP contribution in [0.5, 0.6) is 0 Å². The molecule has 0 saturated heterocycles. The number of benzene rings is 2. The molecule has 0 radical (unpaired) electrons. The second kappa shape index (κ2) is 11.1. The van der Waals surface area contributed by atoms with Crippen LogP contribution in [0.4, 0.5) is 5.69 Å². The predicted octanol–water partition coefficient (Wildman–Crippen LogP) is 3.65. The number of likely N-dealkylation sites (N-methyl/N-ethyl adjacent to an activating group) is 2. The zero-order valence-electron chi connectivity index (χ0n) is 17.2. The third-order valence-electron chi connectivity index (χ3n) is 4.65. The Bertz CT molecular complexity index is 930. The molecule has 0 bridgehead atoms. The minimum absolute atomic E-state index is 0.103. The molecule has 0 aliphatic rings. The van der Waals surface area contributed by atoms with Gasteiger partial charge in [-0.2, -0.15) is 0 Å². The Hall–Kier alpha value is -2.41. The molecule has 0 aromatic heterocycles. The van der Waals surface area contributed by atoms with E-state index >= 15 is 0 Å². The molecule has 0 heterocycles. The highest BCUT2D eigenvalue weighted by molar-refractivity contribution is 6.35. The highest BCUT2D eigenvalue weighted by Crippen LogP contribution is 2.28. The molecule has 8 heteroatoms. The van der Waals surface area contributed by atoms with E-state index in [9.17, 15) is 14.4 Å². The molecule has 2 aromatic carbocycles. The highest BCUT2D eigenvalue weighted by Gasteiger charge is 2.20. The molecule has 0 atom stereocenters. The summed E-state index contributed by atoms with van der Waals surface area (Å²) in [6, 6.07) is 11.6. The van der Waals surface area contributed by atoms with Gasteiger partial charge in [-0.3, -0.25) is 24.6 Å². The number of carbonyl (C=O) groups is 3. The number of hydrogen-bond donors (Lipinski definition) is 1. The summed E-state index contributed by atoms with van der Waals surface area (Å²) in [4.78, 5) is 41.0. The maximum absolute atomic E-state index is 13.1. The van der Waals surface area contributed by atoms with Gasteiger partial charge in [-0.15, -0.1) is 0 Å². The number of nitrogens with one attached hydrogen (secondary N) is 1. The number of ketones is 1. The van der Waals surface area contributed by atoms with Crippen LogP contribution in [0, 0.1) is 0 Å². The van der Waals surface area contributed by atoms with Gasteiger partial charge in [-0.05, 0) is 43.4 Å². The molecule has 160 valence electrons. The van der Waals surface area contributed by atoms with Crippen LogP contribution in [-0.2, 0) is 9.59 Å². The molecule has 0 saturated carbocycles. The molecule has 1 N–H and O–H groups in total. The van der Waals surface area contributed by atoms with E-state index in [0.717, 1.165) is 13.1 Å². The van der Waals surface area contributed by atoms with Crippen LogP contribution in [0.15, 0.2) is 42.5 Å². The number of carbonyl (C=O) groups excluding carboxylic acids is 3. The van der Waals surface area contributed by atoms with Crippen molar-refractivity contribution >= 4 is 46.5 Å². The minimum Gasteiger partial charge on any atom is -0.365 e. The zero-order chi connectivity index (χ0) is 22.3. The standard InChI is InChI=1S/C22H25Cl2N3O3/c1-4-27(5-2)14-21(29)25-20(28)13-26(3)19-11-10-15(23)12-17(19)22(30)16-8-6-7-9-18(16)24/h6-12H,4-5,13-14H2,1-3H3,(H,25,28,29). The van der Waals surface area contributed by atoms with Crippen molar-refractivity contribution in [3.8, 4) is 0 Å². The lowest BCUT2D eigenvalue weighted by molar-refractivity contribution is -0.130. The summed E-state index contributed by atoms with van der Waals surface area (Å²) in [6.45, 7) is 5.38. The molecule has 0 spiro atoms. The Balaban J connectivity index is 2.17. The fourth-order valence-corrected chi connectivity index (χ4v) is 3.39. The van der Waals surface area contributed by atoms with E-state index in [1.807, 2.05) is 18.7 Å². The van der Waals surface area contributed by atoms with Crippen molar-refractivity contribution in [3.05, 3.63) is 63.6 Å². The Morgan fingerprint density at radius 3 is 2.17 bits per heavy atom. The van der Waals surface area contributed by atoms with Crippen LogP contribution in [0.2, 0.25) is 10.0 Å². The van der Waals surface area contributed by atoms with Gasteiger partial charge in [0.15, 0.2) is 5.78 Å². The van der Waals surface area contributed by atoms with E-state index in [1.165, 1.54) is 0 Å². The number of halogens is 2. The third-order valence-corrected chi connectivity index (χ3v) is 5.22. The molecular formula is C22H25Cl2N3O3. The zero-order valence-corrected chi connectivity index (χ0v) is 18.8. The van der Waals surface area contributed by atoms with Crippen molar-refractivity contribution in [2.24, 2.45) is 0 Å². The summed E-state index contributed by atoms with van der Waals surface area (Å²) in [5, 5.41) is 3.11. The molecular weight excluding hydrogens is 425 g/mol. The number of nitrogens with zero attached hydrogens (tertiary/aromatic N) is 2. The van der Waals surface area contributed by atoms with Crippen molar-refractivity contribution < 1.29 is 14.4 Å². The number of imide groups is 1. The van der Waals surface area contributed by atoms with Crippen molar-refractivity contribution in [2.45, 2.75) is 13.8 Å². The molecule has 0 fully saturated rings. The van der Waals surface area contributed by atoms with Gasteiger partial charge in [0.25, 0.3) is 0 Å². The fraction of sp³-hybridized carbons (Fsp3) is 0.318. The molecule has 0 aliphatic heterocycles. The van der Waals surface area contributed by atoms with Crippen molar-refractivity contribution in [1.29, 1.82) is 0 Å². The highest BCUT2D eigenvalue weighted by atomic mass is 35.5. The largest absolute Gasteiger partial charge is 0.365 e. The van der Waals surface area contributed by atoms with Crippen LogP contribution < -0.4 is 10.2 Å². The first-order chi connectivity index (χ1) is 14.3. The molecule has 6 nitrogen and oxygen atoms in total. The van der Waals surface area contributed by atoms with Gasteiger partial charge in [-0.25, -0.2) is 0 Å². The van der Waals surface area contributed by atoms with E-state index in [-0.39, 0.29) is 24.8 Å². The second-order valence-electron chi connectivity index (χ2n) is 6.76. The van der Waals surface area contributed by atoms with Crippen LogP contribution in [0.3, 0.4) is 0 Å². The van der Waals surface area contributed by atoms with E-state index in [4.69, 9.17) is 23.2 Å². The normalized spacial score (nSPS) is 10.7. The van der Waals surface area contributed by atoms with Gasteiger partial charge in [-0.1, -0.05) is 49.2 Å². The van der Waals surface area contributed by atoms with Crippen LogP contribution in [-0.4, -0.2) is 55.7 Å². The Morgan fingerprint density at radius 1 is 0.900 bits per heavy atom. The van der Waals surface area contributed by atoms with Crippen LogP contribution >= 0.6 is 23.2 Å². The van der Waals surface area contributed by atoms with Crippen molar-refractivity contribution in [2.75, 3.05) is 38.1 Å². The molecule has 2 amide bonds. The monoisotopic (exact) mass is 449 g/mol. The third kappa shape index (κ3) is 6.29. The van der Waals surface area contributed by atoms with Gasteiger partial charge in [0.2, 0.25) is 11.8 Å². The van der Waals surface area contributed by atoms with Crippen LogP contribution in [0.25, 0.3) is 0 Å². The van der Waals surface area contributed by atoms with Gasteiger partial charge < -0.3 is 4.90 Å². The lowest BCUT2D eigenvalue weighted by Gasteiger charge is -2.22. The second-order valence-corrected chi connectivity index (χ2v) is 7.60. The summed E-state index contributed by atoms with van der Waals surface area (Å²) in [7, 11) is 1.67. The maximum atomic E-state index is 13.1. The van der Waals surface area contributed by atoms with E-state index in [0.29, 0.717) is 26.9 Å². The van der Waals surface area contributed by atoms with Gasteiger partial charge in [0.1, 0.15) is 0 Å². The summed E-state index contributed by atoms with van der Waals surface area (Å²) in [5.74, 6) is -1.12. The summed E-state index contributed by atoms with van der Waals surface area (Å²) < 4.78 is 0. The van der Waals surface area contributed by atoms with Gasteiger partial charge >= 0.3 is 0 Å². The Kier molecular flexibility index (Phi) is 8.84. The van der Waals surface area contributed by atoms with Gasteiger partial charge in [0.05, 0.1) is 18.1 Å². The Morgan fingerprint density at radius 2 is 1.53 bits per heavy atom. The lowest BCUT2D eigenvalue weighted by atomic mass is 10.0. The number of anilines is 1. The van der Waals surface area contributed by atoms with Crippen LogP contribution in [0.1, 0.15) is 29.8 Å². The summed E-state index contributed by atoms with van der Waals surface area (Å²) in [6.07, 6.45) is 0. The fourth-order valence-electron chi connectivity index (χ4n) is 3.00. The van der Waals surface area contributed by atoms with E-state index in [1.54, 1.807) is 54.4 Å². The number of rotatable bonds is 9. The first kappa shape index (κ1) is 23.9. The smallest absolute Gasteiger partial charge is 0.246 e. The topological polar surface area (TPSA) is 69.7 Å². The Labute approximate surface area is 186 Å². The minimum atomic E-state index is -0.458. The lowest BCUT2D eigenvalue weighted by Crippen LogP contribution is -2.43. The van der Waals surface area contributed by atoms with Crippen molar-refractivity contribution in [3.63, 3.8) is 0 Å². The molecule has 30 heavy (non-hydrogen) atoms. The molecule has 2 aromatic rings.